The van der Waals surface area contributed by atoms with Crippen LogP contribution in [0.4, 0.5) is 0 Å². The number of rotatable bonds is 7. The summed E-state index contributed by atoms with van der Waals surface area (Å²) in [7, 11) is 0. The molecule has 320 valence electrons. The number of hydrogen-bond acceptors (Lipinski definition) is 10. The zero-order valence-corrected chi connectivity index (χ0v) is 34.5. The van der Waals surface area contributed by atoms with Crippen molar-refractivity contribution in [3.8, 4) is 0 Å². The highest BCUT2D eigenvalue weighted by Gasteiger charge is 2.45. The Morgan fingerprint density at radius 2 is 1.53 bits per heavy atom. The number of carboxylic acids is 1. The predicted octanol–water partition coefficient (Wildman–Crippen LogP) is 6.80. The van der Waals surface area contributed by atoms with Crippen LogP contribution in [0.1, 0.15) is 91.9 Å². The Morgan fingerprint density at radius 1 is 0.759 bits per heavy atom. The summed E-state index contributed by atoms with van der Waals surface area (Å²) in [6.45, 7) is 8.15. The summed E-state index contributed by atoms with van der Waals surface area (Å²) in [6.07, 6.45) is 28.3. The lowest BCUT2D eigenvalue weighted by molar-refractivity contribution is -0.175. The van der Waals surface area contributed by atoms with E-state index in [1.54, 1.807) is 18.2 Å². The number of allylic oxidation sites excluding steroid dienone is 7. The molecule has 58 heavy (non-hydrogen) atoms. The van der Waals surface area contributed by atoms with E-state index < -0.39 is 48.6 Å². The molecule has 0 radical (unpaired) electrons. The standard InChI is InChI=1S/C47H66O11/c1-30(17-14-15-23-44(50)51)27-31(2)47-40-26-25-34(54-47)18-10-6-5-7-11-19-35(48)46(53)43-28-36(49)32(3)37(56-43)21-16-22-38-33(4)41-29-42(55-38)39(57-41)20-12-8-9-13-24-45(52)58-40/h6,8-13,16,19-20,22,24-27,30,32-43,46-49,53H,5,7,14-15,17-18,21,23,28-29H2,1-4H3,(H,50,51)/b9-8-,10-6+,19-11+,20-12+,22-16+,24-13-,31-27+/t30-,32?,33?,34+,35+,36+,37?,38+,39?,40-,41?,42+,43-,46+,47+/m1/s1. The van der Waals surface area contributed by atoms with Gasteiger partial charge in [-0.05, 0) is 63.0 Å². The van der Waals surface area contributed by atoms with Crippen molar-refractivity contribution in [3.05, 3.63) is 96.7 Å². The Hall–Kier alpha value is -3.42. The fraction of sp³-hybridized carbons (Fsp3) is 0.617. The molecule has 0 saturated carbocycles. The summed E-state index contributed by atoms with van der Waals surface area (Å²) in [5.74, 6) is -1.09. The summed E-state index contributed by atoms with van der Waals surface area (Å²) in [5, 5.41) is 41.7. The molecule has 7 bridgehead atoms. The van der Waals surface area contributed by atoms with Crippen molar-refractivity contribution in [2.24, 2.45) is 17.8 Å². The molecule has 6 rings (SSSR count). The van der Waals surface area contributed by atoms with Crippen molar-refractivity contribution in [2.75, 3.05) is 0 Å². The second-order valence-electron chi connectivity index (χ2n) is 16.6. The lowest BCUT2D eigenvalue weighted by atomic mass is 9.85. The van der Waals surface area contributed by atoms with Gasteiger partial charge >= 0.3 is 11.9 Å². The van der Waals surface area contributed by atoms with Gasteiger partial charge in [0, 0.05) is 37.2 Å². The zero-order valence-electron chi connectivity index (χ0n) is 34.5. The number of fused-ring (bicyclic) bond motifs is 13. The molecule has 4 N–H and O–H groups in total. The number of aliphatic hydroxyl groups is 3. The molecule has 6 aliphatic heterocycles. The van der Waals surface area contributed by atoms with Crippen molar-refractivity contribution in [1.82, 2.24) is 0 Å². The maximum Gasteiger partial charge on any atom is 0.331 e. The minimum atomic E-state index is -1.18. The van der Waals surface area contributed by atoms with Crippen LogP contribution in [0.2, 0.25) is 0 Å². The van der Waals surface area contributed by atoms with E-state index in [9.17, 15) is 24.9 Å². The first kappa shape index (κ1) is 45.7. The molecule has 6 aliphatic rings. The molecule has 3 fully saturated rings. The second-order valence-corrected chi connectivity index (χ2v) is 16.6. The number of carboxylic acid groups (broad SMARTS) is 1. The SMILES string of the molecule is C/C(=C\[C@H](C)CCCCC(=O)O)[C@@H]1O[C@@H]2C=C[C@H]1OC(=O)\C=C/C=C\C=C\C1OC3C[C@@H]1O[C@@H](/C=C/CC1O[C@H](C[C@H](O)C1C)[C@@H](O)[C@@H](O)/C=C/CC/C=C/C2)C3C. The number of esters is 1. The lowest BCUT2D eigenvalue weighted by Crippen LogP contribution is -2.50. The molecule has 0 spiro atoms. The summed E-state index contributed by atoms with van der Waals surface area (Å²) in [4.78, 5) is 23.9. The van der Waals surface area contributed by atoms with Gasteiger partial charge in [-0.1, -0.05) is 106 Å². The van der Waals surface area contributed by atoms with Crippen LogP contribution in [0.15, 0.2) is 96.7 Å². The molecule has 0 aromatic rings. The van der Waals surface area contributed by atoms with E-state index in [0.29, 0.717) is 25.7 Å². The van der Waals surface area contributed by atoms with Crippen LogP contribution in [-0.4, -0.2) is 106 Å². The van der Waals surface area contributed by atoms with E-state index in [4.69, 9.17) is 28.8 Å². The molecule has 11 heteroatoms. The van der Waals surface area contributed by atoms with Gasteiger partial charge in [-0.15, -0.1) is 0 Å². The maximum atomic E-state index is 13.0. The van der Waals surface area contributed by atoms with E-state index >= 15 is 0 Å². The first-order valence-corrected chi connectivity index (χ1v) is 21.3. The number of carbonyl (C=O) groups is 2. The van der Waals surface area contributed by atoms with E-state index in [0.717, 1.165) is 31.3 Å². The predicted molar refractivity (Wildman–Crippen MR) is 222 cm³/mol. The monoisotopic (exact) mass is 806 g/mol. The zero-order chi connectivity index (χ0) is 41.6. The van der Waals surface area contributed by atoms with Crippen LogP contribution in [0.3, 0.4) is 0 Å². The minimum Gasteiger partial charge on any atom is -0.481 e. The second kappa shape index (κ2) is 22.8. The van der Waals surface area contributed by atoms with Crippen molar-refractivity contribution in [1.29, 1.82) is 0 Å². The molecule has 0 aromatic carbocycles. The first-order chi connectivity index (χ1) is 27.9. The van der Waals surface area contributed by atoms with Crippen LogP contribution < -0.4 is 0 Å². The van der Waals surface area contributed by atoms with Gasteiger partial charge in [0.25, 0.3) is 0 Å². The third kappa shape index (κ3) is 13.6. The van der Waals surface area contributed by atoms with Gasteiger partial charge in [-0.3, -0.25) is 4.79 Å². The van der Waals surface area contributed by atoms with E-state index in [2.05, 4.69) is 32.1 Å². The molecular formula is C47H66O11. The number of unbranched alkanes of at least 4 members (excludes halogenated alkanes) is 1. The molecule has 3 saturated heterocycles. The Labute approximate surface area is 344 Å². The van der Waals surface area contributed by atoms with Crippen LogP contribution in [0, 0.1) is 17.8 Å². The van der Waals surface area contributed by atoms with Gasteiger partial charge in [-0.25, -0.2) is 4.79 Å². The van der Waals surface area contributed by atoms with Crippen LogP contribution in [0.5, 0.6) is 0 Å². The molecule has 6 heterocycles. The largest absolute Gasteiger partial charge is 0.481 e. The fourth-order valence-corrected chi connectivity index (χ4v) is 8.38. The Balaban J connectivity index is 1.29. The minimum absolute atomic E-state index is 0.0508. The highest BCUT2D eigenvalue weighted by molar-refractivity contribution is 5.82. The Kier molecular flexibility index (Phi) is 18.0. The Morgan fingerprint density at radius 3 is 2.34 bits per heavy atom. The fourth-order valence-electron chi connectivity index (χ4n) is 8.38. The third-order valence-corrected chi connectivity index (χ3v) is 12.0. The van der Waals surface area contributed by atoms with Gasteiger partial charge < -0.3 is 44.1 Å². The molecular weight excluding hydrogens is 741 g/mol. The number of carbonyl (C=O) groups excluding carboxylic acids is 1. The van der Waals surface area contributed by atoms with Crippen LogP contribution in [-0.2, 0) is 33.3 Å². The molecule has 11 nitrogen and oxygen atoms in total. The third-order valence-electron chi connectivity index (χ3n) is 12.0. The summed E-state index contributed by atoms with van der Waals surface area (Å²) >= 11 is 0. The number of aliphatic carboxylic acids is 1. The summed E-state index contributed by atoms with van der Waals surface area (Å²) in [6, 6.07) is 0. The Bertz CT molecular complexity index is 1570. The molecule has 0 aliphatic carbocycles. The van der Waals surface area contributed by atoms with E-state index in [-0.39, 0.29) is 67.2 Å². The van der Waals surface area contributed by atoms with Gasteiger partial charge in [-0.2, -0.15) is 0 Å². The van der Waals surface area contributed by atoms with Crippen molar-refractivity contribution in [3.63, 3.8) is 0 Å². The molecule has 5 unspecified atom stereocenters. The maximum absolute atomic E-state index is 13.0. The quantitative estimate of drug-likeness (QED) is 0.122. The number of aliphatic hydroxyl groups excluding tert-OH is 3. The van der Waals surface area contributed by atoms with E-state index in [1.807, 2.05) is 62.5 Å². The van der Waals surface area contributed by atoms with Crippen LogP contribution >= 0.6 is 0 Å². The first-order valence-electron chi connectivity index (χ1n) is 21.3. The summed E-state index contributed by atoms with van der Waals surface area (Å²) in [5.41, 5.74) is 0.945. The topological polar surface area (TPSA) is 161 Å². The number of hydrogen-bond donors (Lipinski definition) is 4. The highest BCUT2D eigenvalue weighted by atomic mass is 16.6. The van der Waals surface area contributed by atoms with Crippen molar-refractivity contribution in [2.45, 2.75) is 165 Å². The molecule has 0 amide bonds. The molecule has 0 aromatic heterocycles. The number of ether oxygens (including phenoxy) is 5. The smallest absolute Gasteiger partial charge is 0.331 e. The van der Waals surface area contributed by atoms with Crippen molar-refractivity contribution < 1.29 is 53.7 Å². The van der Waals surface area contributed by atoms with Gasteiger partial charge in [0.2, 0.25) is 0 Å². The lowest BCUT2D eigenvalue weighted by Gasteiger charge is -2.40. The van der Waals surface area contributed by atoms with Gasteiger partial charge in [0.15, 0.2) is 6.10 Å². The van der Waals surface area contributed by atoms with E-state index in [1.165, 1.54) is 6.08 Å². The highest BCUT2D eigenvalue weighted by Crippen LogP contribution is 2.38. The average Bonchev–Trinajstić information content (AvgIpc) is 3.54. The van der Waals surface area contributed by atoms with Crippen molar-refractivity contribution >= 4 is 11.9 Å². The normalized spacial score (nSPS) is 41.7. The molecule has 15 atom stereocenters. The van der Waals surface area contributed by atoms with Crippen LogP contribution in [0.25, 0.3) is 0 Å². The van der Waals surface area contributed by atoms with Gasteiger partial charge in [0.05, 0.1) is 42.7 Å². The average molecular weight is 807 g/mol. The summed E-state index contributed by atoms with van der Waals surface area (Å²) < 4.78 is 31.5. The van der Waals surface area contributed by atoms with Gasteiger partial charge in [0.1, 0.15) is 24.4 Å².